The summed E-state index contributed by atoms with van der Waals surface area (Å²) in [6.07, 6.45) is 1.86. The van der Waals surface area contributed by atoms with Crippen LogP contribution in [0.25, 0.3) is 95.0 Å². The van der Waals surface area contributed by atoms with Crippen molar-refractivity contribution in [3.05, 3.63) is 216 Å². The topological polar surface area (TPSA) is 50.9 Å². The maximum absolute atomic E-state index is 12.6. The predicted molar refractivity (Wildman–Crippen MR) is 304 cm³/mol. The van der Waals surface area contributed by atoms with E-state index < -0.39 is 17.7 Å². The number of pyridine rings is 1. The van der Waals surface area contributed by atoms with Gasteiger partial charge in [-0.25, -0.2) is 4.98 Å². The summed E-state index contributed by atoms with van der Waals surface area (Å²) in [6, 6.07) is 63.3. The monoisotopic (exact) mass is 943 g/mol. The summed E-state index contributed by atoms with van der Waals surface area (Å²) in [4.78, 5) is 10.6. The number of benzene rings is 8. The van der Waals surface area contributed by atoms with E-state index >= 15 is 0 Å². The summed E-state index contributed by atoms with van der Waals surface area (Å²) in [5, 5.41) is 12.6. The van der Waals surface area contributed by atoms with Crippen LogP contribution < -0.4 is 0 Å². The van der Waals surface area contributed by atoms with Gasteiger partial charge in [-0.15, -0.1) is 0 Å². The Bertz CT molecular complexity index is 3740. The zero-order valence-electron chi connectivity index (χ0n) is 46.2. The number of aromatic hydroxyl groups is 1. The molecule has 0 aliphatic heterocycles. The molecule has 0 amide bonds. The first-order valence-corrected chi connectivity index (χ1v) is 25.0. The van der Waals surface area contributed by atoms with Crippen molar-refractivity contribution in [3.8, 4) is 89.7 Å². The molecule has 4 heteroatoms. The van der Waals surface area contributed by atoms with Crippen molar-refractivity contribution in [1.29, 1.82) is 0 Å². The Labute approximate surface area is 431 Å². The van der Waals surface area contributed by atoms with E-state index in [0.717, 1.165) is 94.7 Å². The quantitative estimate of drug-likeness (QED) is 0.141. The molecule has 0 spiro atoms. The van der Waals surface area contributed by atoms with Crippen LogP contribution in [0.1, 0.15) is 112 Å². The van der Waals surface area contributed by atoms with E-state index in [1.807, 2.05) is 76.4 Å². The Morgan fingerprint density at radius 2 is 1.10 bits per heavy atom. The fourth-order valence-corrected chi connectivity index (χ4v) is 9.91. The van der Waals surface area contributed by atoms with Crippen molar-refractivity contribution in [2.75, 3.05) is 0 Å². The molecule has 2 heterocycles. The van der Waals surface area contributed by atoms with E-state index in [1.54, 1.807) is 13.8 Å². The van der Waals surface area contributed by atoms with Gasteiger partial charge in [0.1, 0.15) is 11.6 Å². The summed E-state index contributed by atoms with van der Waals surface area (Å²) in [5.74, 6) is -2.48. The largest absolute Gasteiger partial charge is 0.507 e. The summed E-state index contributed by atoms with van der Waals surface area (Å²) >= 11 is 0. The molecule has 10 rings (SSSR count). The third-order valence-corrected chi connectivity index (χ3v) is 14.1. The lowest BCUT2D eigenvalue weighted by atomic mass is 9.85. The second-order valence-corrected chi connectivity index (χ2v) is 20.9. The van der Waals surface area contributed by atoms with Crippen LogP contribution in [0.2, 0.25) is 0 Å². The molecule has 358 valence electrons. The number of para-hydroxylation sites is 1. The minimum absolute atomic E-state index is 0.0123. The Balaban J connectivity index is 1.26. The smallest absolute Gasteiger partial charge is 0.149 e. The number of aryl methyl sites for hydroxylation is 1. The van der Waals surface area contributed by atoms with E-state index in [9.17, 15) is 7.85 Å². The van der Waals surface area contributed by atoms with Crippen LogP contribution in [0.5, 0.6) is 5.75 Å². The Morgan fingerprint density at radius 3 is 1.75 bits per heavy atom. The molecule has 0 fully saturated rings. The van der Waals surface area contributed by atoms with E-state index in [-0.39, 0.29) is 11.2 Å². The Hall–Kier alpha value is -7.82. The molecule has 0 atom stereocenters. The molecule has 0 saturated heterocycles. The molecule has 0 unspecified atom stereocenters. The van der Waals surface area contributed by atoms with Crippen LogP contribution in [0, 0.1) is 6.92 Å². The van der Waals surface area contributed by atoms with Crippen LogP contribution >= 0.6 is 0 Å². The highest BCUT2D eigenvalue weighted by atomic mass is 16.3. The first-order chi connectivity index (χ1) is 35.5. The standard InChI is InChI=1S/C68H65N3O/c1-42(2)46-24-26-48(27-25-46)51-32-33-69-62(40-51)55-36-53(47-18-13-11-14-19-47)35-54(37-55)57-22-17-23-63-65(57)70-67(61-39-52(43(3)4)38-58(44(5)6)66(61)72)71(63)64-34-45(7)59(41-60(64)49-20-15-12-16-21-49)50-28-30-56(31-29-50)68(8,9)10/h11-44,72H,1-10H3/i42D,43D,44D. The molecule has 0 bridgehead atoms. The normalized spacial score (nSPS) is 12.9. The van der Waals surface area contributed by atoms with Gasteiger partial charge in [0.05, 0.1) is 28.0 Å². The molecule has 0 aliphatic carbocycles. The number of hydrogen-bond acceptors (Lipinski definition) is 3. The van der Waals surface area contributed by atoms with Crippen LogP contribution in [-0.2, 0) is 5.41 Å². The molecule has 0 saturated carbocycles. The van der Waals surface area contributed by atoms with Crippen LogP contribution in [0.15, 0.2) is 188 Å². The number of phenolic OH excluding ortho intramolecular Hbond substituents is 1. The van der Waals surface area contributed by atoms with Crippen molar-refractivity contribution >= 4 is 11.0 Å². The maximum Gasteiger partial charge on any atom is 0.149 e. The van der Waals surface area contributed by atoms with Gasteiger partial charge in [-0.3, -0.25) is 9.55 Å². The molecule has 8 aromatic carbocycles. The lowest BCUT2D eigenvalue weighted by Gasteiger charge is -2.22. The van der Waals surface area contributed by atoms with Gasteiger partial charge in [0, 0.05) is 27.0 Å². The first kappa shape index (κ1) is 44.1. The van der Waals surface area contributed by atoms with Crippen molar-refractivity contribution in [2.24, 2.45) is 0 Å². The Kier molecular flexibility index (Phi) is 11.9. The fourth-order valence-electron chi connectivity index (χ4n) is 9.91. The molecular formula is C68H65N3O. The molecule has 1 N–H and O–H groups in total. The molecule has 0 radical (unpaired) electrons. The minimum Gasteiger partial charge on any atom is -0.507 e. The highest BCUT2D eigenvalue weighted by Crippen LogP contribution is 2.46. The lowest BCUT2D eigenvalue weighted by Crippen LogP contribution is -2.10. The minimum atomic E-state index is -1.19. The van der Waals surface area contributed by atoms with Gasteiger partial charge in [-0.1, -0.05) is 190 Å². The van der Waals surface area contributed by atoms with Crippen LogP contribution in [-0.4, -0.2) is 19.6 Å². The van der Waals surface area contributed by atoms with Crippen molar-refractivity contribution in [2.45, 2.75) is 92.3 Å². The van der Waals surface area contributed by atoms with Crippen molar-refractivity contribution in [3.63, 3.8) is 0 Å². The SMILES string of the molecule is [2H]C(C)(C)c1ccc(-c2ccnc(-c3cc(-c4ccccc4)cc(-c4cccc5c4nc(-c4cc(C([2H])(C)C)cc(C([2H])(C)C)c4O)n5-c4cc(C)c(-c5ccc(C(C)(C)C)cc5)cc4-c4ccccc4)c3)c2)cc1. The average molecular weight is 943 g/mol. The van der Waals surface area contributed by atoms with Crippen LogP contribution in [0.3, 0.4) is 0 Å². The van der Waals surface area contributed by atoms with Gasteiger partial charge in [-0.2, -0.15) is 0 Å². The van der Waals surface area contributed by atoms with Crippen molar-refractivity contribution < 1.29 is 9.22 Å². The number of phenols is 1. The van der Waals surface area contributed by atoms with E-state index in [1.165, 1.54) is 5.56 Å². The summed E-state index contributed by atoms with van der Waals surface area (Å²) in [6.45, 7) is 19.9. The van der Waals surface area contributed by atoms with Crippen molar-refractivity contribution in [1.82, 2.24) is 14.5 Å². The van der Waals surface area contributed by atoms with Gasteiger partial charge in [-0.05, 0) is 157 Å². The van der Waals surface area contributed by atoms with Crippen LogP contribution in [0.4, 0.5) is 0 Å². The third kappa shape index (κ3) is 9.30. The van der Waals surface area contributed by atoms with E-state index in [2.05, 4.69) is 172 Å². The number of fused-ring (bicyclic) bond motifs is 1. The van der Waals surface area contributed by atoms with Gasteiger partial charge in [0.25, 0.3) is 0 Å². The lowest BCUT2D eigenvalue weighted by molar-refractivity contribution is 0.466. The number of rotatable bonds is 11. The zero-order chi connectivity index (χ0) is 53.2. The van der Waals surface area contributed by atoms with Gasteiger partial charge >= 0.3 is 0 Å². The molecule has 4 nitrogen and oxygen atoms in total. The zero-order valence-corrected chi connectivity index (χ0v) is 43.2. The molecular weight excluding hydrogens is 875 g/mol. The Morgan fingerprint density at radius 1 is 0.486 bits per heavy atom. The van der Waals surface area contributed by atoms with E-state index in [0.29, 0.717) is 22.5 Å². The first-order valence-electron chi connectivity index (χ1n) is 26.5. The highest BCUT2D eigenvalue weighted by molar-refractivity contribution is 5.99. The third-order valence-electron chi connectivity index (χ3n) is 14.1. The van der Waals surface area contributed by atoms with E-state index in [4.69, 9.17) is 11.3 Å². The molecule has 10 aromatic rings. The number of aromatic nitrogens is 3. The summed E-state index contributed by atoms with van der Waals surface area (Å²) in [7, 11) is 0. The predicted octanol–water partition coefficient (Wildman–Crippen LogP) is 18.8. The highest BCUT2D eigenvalue weighted by Gasteiger charge is 2.26. The van der Waals surface area contributed by atoms with Gasteiger partial charge in [0.2, 0.25) is 0 Å². The van der Waals surface area contributed by atoms with Gasteiger partial charge < -0.3 is 5.11 Å². The summed E-state index contributed by atoms with van der Waals surface area (Å²) in [5.41, 5.74) is 19.2. The summed E-state index contributed by atoms with van der Waals surface area (Å²) < 4.78 is 29.3. The number of imidazole rings is 1. The fraction of sp³-hybridized carbons (Fsp3) is 0.206. The number of nitrogens with zero attached hydrogens (tertiary/aromatic N) is 3. The second-order valence-electron chi connectivity index (χ2n) is 20.9. The second kappa shape index (κ2) is 19.4. The number of hydrogen-bond donors (Lipinski definition) is 1. The molecule has 72 heavy (non-hydrogen) atoms. The molecule has 2 aromatic heterocycles. The molecule has 0 aliphatic rings. The average Bonchev–Trinajstić information content (AvgIpc) is 3.77. The van der Waals surface area contributed by atoms with Gasteiger partial charge in [0.15, 0.2) is 0 Å². The maximum atomic E-state index is 12.6.